The molecule has 0 unspecified atom stereocenters. The Hall–Kier alpha value is -3.41. The second-order valence-electron chi connectivity index (χ2n) is 9.19. The Bertz CT molecular complexity index is 1270. The van der Waals surface area contributed by atoms with Crippen molar-refractivity contribution in [3.05, 3.63) is 100 Å². The summed E-state index contributed by atoms with van der Waals surface area (Å²) in [6.45, 7) is 3.29. The molecule has 1 aliphatic heterocycles. The summed E-state index contributed by atoms with van der Waals surface area (Å²) in [4.78, 5) is 18.0. The zero-order chi connectivity index (χ0) is 24.9. The molecule has 2 aliphatic rings. The summed E-state index contributed by atoms with van der Waals surface area (Å²) in [5.74, 6) is -0.574. The van der Waals surface area contributed by atoms with Gasteiger partial charge in [0.05, 0.1) is 23.9 Å². The Balaban J connectivity index is 1.63. The minimum absolute atomic E-state index is 0.387. The van der Waals surface area contributed by atoms with Gasteiger partial charge in [0.1, 0.15) is 0 Å². The summed E-state index contributed by atoms with van der Waals surface area (Å²) in [5, 5.41) is 9.63. The number of hydrogen-bond donors (Lipinski definition) is 1. The Morgan fingerprint density at radius 2 is 1.67 bits per heavy atom. The second kappa shape index (κ2) is 11.1. The quantitative estimate of drug-likeness (QED) is 0.379. The first-order valence-corrected chi connectivity index (χ1v) is 12.8. The van der Waals surface area contributed by atoms with Gasteiger partial charge in [0.2, 0.25) is 0 Å². The number of nitrogens with zero attached hydrogens (tertiary/aromatic N) is 2. The van der Waals surface area contributed by atoms with Gasteiger partial charge in [-0.25, -0.2) is 4.79 Å². The van der Waals surface area contributed by atoms with E-state index in [4.69, 9.17) is 26.4 Å². The number of aliphatic carboxylic acids is 1. The van der Waals surface area contributed by atoms with Crippen molar-refractivity contribution in [2.45, 2.75) is 19.3 Å². The maximum Gasteiger partial charge on any atom is 0.328 e. The number of halogens is 1. The third-order valence-electron chi connectivity index (χ3n) is 6.95. The molecule has 2 fully saturated rings. The number of morpholine rings is 1. The molecule has 5 rings (SSSR count). The van der Waals surface area contributed by atoms with Gasteiger partial charge in [-0.1, -0.05) is 54.4 Å². The maximum atomic E-state index is 10.9. The molecule has 2 heterocycles. The molecule has 1 N–H and O–H groups in total. The molecule has 0 spiro atoms. The molecule has 0 amide bonds. The van der Waals surface area contributed by atoms with Gasteiger partial charge >= 0.3 is 5.97 Å². The van der Waals surface area contributed by atoms with Crippen molar-refractivity contribution in [3.63, 3.8) is 0 Å². The van der Waals surface area contributed by atoms with E-state index >= 15 is 0 Å². The number of pyridine rings is 1. The van der Waals surface area contributed by atoms with E-state index in [2.05, 4.69) is 41.3 Å². The van der Waals surface area contributed by atoms with E-state index in [1.807, 2.05) is 24.3 Å². The Morgan fingerprint density at radius 1 is 1.00 bits per heavy atom. The van der Waals surface area contributed by atoms with Gasteiger partial charge in [-0.3, -0.25) is 4.98 Å². The van der Waals surface area contributed by atoms with Gasteiger partial charge in [-0.05, 0) is 76.9 Å². The first-order chi connectivity index (χ1) is 17.6. The largest absolute Gasteiger partial charge is 0.478 e. The lowest BCUT2D eigenvalue weighted by molar-refractivity contribution is -0.131. The highest BCUT2D eigenvalue weighted by Crippen LogP contribution is 2.46. The van der Waals surface area contributed by atoms with Crippen molar-refractivity contribution in [3.8, 4) is 0 Å². The monoisotopic (exact) mass is 500 g/mol. The van der Waals surface area contributed by atoms with E-state index < -0.39 is 5.97 Å². The van der Waals surface area contributed by atoms with Crippen LogP contribution in [0.2, 0.25) is 5.02 Å². The summed E-state index contributed by atoms with van der Waals surface area (Å²) in [7, 11) is 0. The van der Waals surface area contributed by atoms with E-state index in [0.717, 1.165) is 73.2 Å². The molecular formula is C30H29ClN2O3. The lowest BCUT2D eigenvalue weighted by Gasteiger charge is -2.32. The average Bonchev–Trinajstić information content (AvgIpc) is 2.88. The molecule has 0 radical (unpaired) electrons. The summed E-state index contributed by atoms with van der Waals surface area (Å²) in [6, 6.07) is 20.5. The van der Waals surface area contributed by atoms with E-state index in [-0.39, 0.29) is 0 Å². The maximum absolute atomic E-state index is 10.9. The molecule has 36 heavy (non-hydrogen) atoms. The van der Waals surface area contributed by atoms with Crippen LogP contribution in [0.15, 0.2) is 72.9 Å². The molecule has 5 nitrogen and oxygen atoms in total. The Kier molecular flexibility index (Phi) is 7.49. The van der Waals surface area contributed by atoms with Gasteiger partial charge in [-0.2, -0.15) is 0 Å². The zero-order valence-electron chi connectivity index (χ0n) is 20.1. The molecule has 1 aliphatic carbocycles. The van der Waals surface area contributed by atoms with E-state index in [0.29, 0.717) is 10.9 Å². The van der Waals surface area contributed by atoms with Crippen LogP contribution in [0.1, 0.15) is 41.6 Å². The molecule has 184 valence electrons. The number of anilines is 1. The van der Waals surface area contributed by atoms with Crippen molar-refractivity contribution in [2.24, 2.45) is 5.92 Å². The number of rotatable bonds is 7. The van der Waals surface area contributed by atoms with Crippen molar-refractivity contribution in [2.75, 3.05) is 31.2 Å². The van der Waals surface area contributed by atoms with Crippen LogP contribution in [0.25, 0.3) is 17.2 Å². The number of ether oxygens (including phenoxy) is 1. The van der Waals surface area contributed by atoms with Gasteiger partial charge in [0.25, 0.3) is 0 Å². The number of benzene rings is 2. The Morgan fingerprint density at radius 3 is 2.25 bits per heavy atom. The molecule has 0 atom stereocenters. The topological polar surface area (TPSA) is 62.7 Å². The van der Waals surface area contributed by atoms with Crippen LogP contribution in [0.5, 0.6) is 0 Å². The molecule has 3 aromatic rings. The molecule has 2 aromatic carbocycles. The molecular weight excluding hydrogens is 472 g/mol. The molecule has 1 saturated carbocycles. The second-order valence-corrected chi connectivity index (χ2v) is 9.60. The number of aromatic nitrogens is 1. The first-order valence-electron chi connectivity index (χ1n) is 12.4. The average molecular weight is 501 g/mol. The minimum atomic E-state index is -0.961. The van der Waals surface area contributed by atoms with Gasteiger partial charge < -0.3 is 14.7 Å². The van der Waals surface area contributed by atoms with Crippen LogP contribution in [0.4, 0.5) is 5.69 Å². The van der Waals surface area contributed by atoms with E-state index in [9.17, 15) is 4.79 Å². The van der Waals surface area contributed by atoms with Crippen LogP contribution in [-0.4, -0.2) is 42.4 Å². The smallest absolute Gasteiger partial charge is 0.328 e. The van der Waals surface area contributed by atoms with Crippen LogP contribution in [-0.2, 0) is 9.53 Å². The standard InChI is InChI=1S/C30H29ClN2O3/c31-26-5-2-16-32-30(26)29(22-3-1-4-22)28(23-9-6-21(7-10-23)8-15-27(34)35)24-11-13-25(14-12-24)33-17-19-36-20-18-33/h2,5-16,22H,1,3-4,17-20H2,(H,34,35). The van der Waals surface area contributed by atoms with Crippen molar-refractivity contribution < 1.29 is 14.6 Å². The highest BCUT2D eigenvalue weighted by molar-refractivity contribution is 6.32. The number of carboxylic acid groups (broad SMARTS) is 1. The number of carboxylic acids is 1. The summed E-state index contributed by atoms with van der Waals surface area (Å²) in [5.41, 5.74) is 7.35. The van der Waals surface area contributed by atoms with E-state index in [1.165, 1.54) is 17.7 Å². The lowest BCUT2D eigenvalue weighted by Crippen LogP contribution is -2.36. The Labute approximate surface area is 216 Å². The SMILES string of the molecule is O=C(O)C=Cc1ccc(C(=C(c2ncccc2Cl)C2CCC2)c2ccc(N3CCOCC3)cc2)cc1. The van der Waals surface area contributed by atoms with Crippen molar-refractivity contribution in [1.82, 2.24) is 4.98 Å². The van der Waals surface area contributed by atoms with Crippen LogP contribution in [0, 0.1) is 5.92 Å². The summed E-state index contributed by atoms with van der Waals surface area (Å²) < 4.78 is 5.51. The predicted molar refractivity (Wildman–Crippen MR) is 145 cm³/mol. The summed E-state index contributed by atoms with van der Waals surface area (Å²) in [6.07, 6.45) is 7.98. The number of allylic oxidation sites excluding steroid dienone is 1. The molecule has 0 bridgehead atoms. The van der Waals surface area contributed by atoms with Crippen LogP contribution < -0.4 is 4.90 Å². The normalized spacial score (nSPS) is 17.1. The van der Waals surface area contributed by atoms with Crippen molar-refractivity contribution >= 4 is 40.5 Å². The predicted octanol–water partition coefficient (Wildman–Crippen LogP) is 6.43. The number of carbonyl (C=O) groups is 1. The first kappa shape index (κ1) is 24.3. The van der Waals surface area contributed by atoms with Crippen molar-refractivity contribution in [1.29, 1.82) is 0 Å². The fourth-order valence-corrected chi connectivity index (χ4v) is 5.09. The summed E-state index contributed by atoms with van der Waals surface area (Å²) >= 11 is 6.71. The third-order valence-corrected chi connectivity index (χ3v) is 7.25. The van der Waals surface area contributed by atoms with Gasteiger partial charge in [-0.15, -0.1) is 0 Å². The fraction of sp³-hybridized carbons (Fsp3) is 0.267. The molecule has 1 saturated heterocycles. The number of hydrogen-bond acceptors (Lipinski definition) is 4. The van der Waals surface area contributed by atoms with Gasteiger partial charge in [0.15, 0.2) is 0 Å². The molecule has 6 heteroatoms. The van der Waals surface area contributed by atoms with Gasteiger partial charge in [0, 0.05) is 31.0 Å². The molecule has 1 aromatic heterocycles. The minimum Gasteiger partial charge on any atom is -0.478 e. The zero-order valence-corrected chi connectivity index (χ0v) is 20.8. The lowest BCUT2D eigenvalue weighted by atomic mass is 9.74. The fourth-order valence-electron chi connectivity index (χ4n) is 4.86. The highest BCUT2D eigenvalue weighted by Gasteiger charge is 2.29. The van der Waals surface area contributed by atoms with Crippen LogP contribution in [0.3, 0.4) is 0 Å². The van der Waals surface area contributed by atoms with E-state index in [1.54, 1.807) is 12.3 Å². The third kappa shape index (κ3) is 5.38. The highest BCUT2D eigenvalue weighted by atomic mass is 35.5. The van der Waals surface area contributed by atoms with Crippen LogP contribution >= 0.6 is 11.6 Å².